The summed E-state index contributed by atoms with van der Waals surface area (Å²) in [5.41, 5.74) is 1.15. The van der Waals surface area contributed by atoms with Gasteiger partial charge in [0.05, 0.1) is 23.8 Å². The fourth-order valence-electron chi connectivity index (χ4n) is 3.68. The smallest absolute Gasteiger partial charge is 0.256 e. The van der Waals surface area contributed by atoms with E-state index in [0.717, 1.165) is 25.0 Å². The van der Waals surface area contributed by atoms with Crippen LogP contribution < -0.4 is 5.56 Å². The highest BCUT2D eigenvalue weighted by atomic mass is 16.2. The molecule has 0 aromatic carbocycles. The molecule has 0 spiro atoms. The summed E-state index contributed by atoms with van der Waals surface area (Å²) in [4.78, 5) is 47.8. The van der Waals surface area contributed by atoms with Gasteiger partial charge in [0, 0.05) is 32.4 Å². The van der Waals surface area contributed by atoms with Gasteiger partial charge >= 0.3 is 0 Å². The molecule has 3 rings (SSSR count). The quantitative estimate of drug-likeness (QED) is 0.877. The summed E-state index contributed by atoms with van der Waals surface area (Å²) < 4.78 is 0. The first-order valence-electron chi connectivity index (χ1n) is 9.06. The van der Waals surface area contributed by atoms with Gasteiger partial charge in [-0.25, -0.2) is 4.98 Å². The predicted molar refractivity (Wildman–Crippen MR) is 92.8 cm³/mol. The molecule has 1 aromatic heterocycles. The zero-order chi connectivity index (χ0) is 18.1. The SMILES string of the molecule is CC(=O)N1CCc2nc([C@@H]3CCCCN3C(=O)C(C)C)[nH]c(=O)c2C1. The Bertz CT molecular complexity index is 740. The van der Waals surface area contributed by atoms with Gasteiger partial charge in [-0.05, 0) is 19.3 Å². The molecule has 1 fully saturated rings. The zero-order valence-corrected chi connectivity index (χ0v) is 15.2. The normalized spacial score (nSPS) is 20.6. The van der Waals surface area contributed by atoms with E-state index in [-0.39, 0.29) is 29.3 Å². The lowest BCUT2D eigenvalue weighted by Gasteiger charge is -2.36. The third-order valence-corrected chi connectivity index (χ3v) is 5.13. The molecule has 0 bridgehead atoms. The van der Waals surface area contributed by atoms with Crippen LogP contribution in [0, 0.1) is 5.92 Å². The van der Waals surface area contributed by atoms with E-state index in [9.17, 15) is 14.4 Å². The maximum atomic E-state index is 12.6. The molecule has 3 heterocycles. The lowest BCUT2D eigenvalue weighted by atomic mass is 9.98. The minimum atomic E-state index is -0.187. The number of carbonyl (C=O) groups excluding carboxylic acids is 2. The average molecular weight is 346 g/mol. The fraction of sp³-hybridized carbons (Fsp3) is 0.667. The standard InChI is InChI=1S/C18H26N4O3/c1-11(2)18(25)22-8-5-4-6-15(22)16-19-14-7-9-21(12(3)23)10-13(14)17(24)20-16/h11,15H,4-10H2,1-3H3,(H,19,20,24)/t15-/m0/s1. The highest BCUT2D eigenvalue weighted by molar-refractivity contribution is 5.78. The number of hydrogen-bond acceptors (Lipinski definition) is 4. The maximum Gasteiger partial charge on any atom is 0.256 e. The number of aromatic amines is 1. The molecule has 2 amide bonds. The van der Waals surface area contributed by atoms with Gasteiger partial charge in [-0.15, -0.1) is 0 Å². The number of carbonyl (C=O) groups is 2. The topological polar surface area (TPSA) is 86.4 Å². The summed E-state index contributed by atoms with van der Waals surface area (Å²) in [6, 6.07) is -0.160. The van der Waals surface area contributed by atoms with Gasteiger partial charge in [0.15, 0.2) is 0 Å². The van der Waals surface area contributed by atoms with E-state index in [0.29, 0.717) is 37.4 Å². The second-order valence-electron chi connectivity index (χ2n) is 7.26. The van der Waals surface area contributed by atoms with Crippen molar-refractivity contribution in [1.29, 1.82) is 0 Å². The van der Waals surface area contributed by atoms with Crippen molar-refractivity contribution in [2.75, 3.05) is 13.1 Å². The minimum Gasteiger partial charge on any atom is -0.338 e. The van der Waals surface area contributed by atoms with Gasteiger partial charge in [-0.2, -0.15) is 0 Å². The first-order chi connectivity index (χ1) is 11.9. The Morgan fingerprint density at radius 3 is 2.68 bits per heavy atom. The van der Waals surface area contributed by atoms with Crippen LogP contribution in [0.2, 0.25) is 0 Å². The summed E-state index contributed by atoms with van der Waals surface area (Å²) in [7, 11) is 0. The Morgan fingerprint density at radius 2 is 2.00 bits per heavy atom. The number of aromatic nitrogens is 2. The largest absolute Gasteiger partial charge is 0.338 e. The van der Waals surface area contributed by atoms with E-state index in [1.165, 1.54) is 6.92 Å². The van der Waals surface area contributed by atoms with Crippen LogP contribution in [0.1, 0.15) is 63.2 Å². The Hall–Kier alpha value is -2.18. The molecule has 1 N–H and O–H groups in total. The molecule has 0 saturated carbocycles. The van der Waals surface area contributed by atoms with E-state index >= 15 is 0 Å². The van der Waals surface area contributed by atoms with Crippen LogP contribution in [-0.4, -0.2) is 44.7 Å². The number of rotatable bonds is 2. The van der Waals surface area contributed by atoms with Crippen molar-refractivity contribution in [3.63, 3.8) is 0 Å². The van der Waals surface area contributed by atoms with Crippen molar-refractivity contribution in [2.45, 2.75) is 59.0 Å². The van der Waals surface area contributed by atoms with Gasteiger partial charge in [0.2, 0.25) is 11.8 Å². The Labute approximate surface area is 147 Å². The number of nitrogens with one attached hydrogen (secondary N) is 1. The number of nitrogens with zero attached hydrogens (tertiary/aromatic N) is 3. The van der Waals surface area contributed by atoms with Crippen molar-refractivity contribution in [3.05, 3.63) is 27.4 Å². The Morgan fingerprint density at radius 1 is 1.24 bits per heavy atom. The van der Waals surface area contributed by atoms with Crippen molar-refractivity contribution in [3.8, 4) is 0 Å². The first kappa shape index (κ1) is 17.6. The second kappa shape index (κ2) is 6.98. The molecule has 0 aliphatic carbocycles. The number of piperidine rings is 1. The molecule has 0 radical (unpaired) electrons. The summed E-state index contributed by atoms with van der Waals surface area (Å²) in [6.45, 7) is 6.91. The van der Waals surface area contributed by atoms with Gasteiger partial charge < -0.3 is 14.8 Å². The zero-order valence-electron chi connectivity index (χ0n) is 15.2. The highest BCUT2D eigenvalue weighted by Crippen LogP contribution is 2.30. The summed E-state index contributed by atoms with van der Waals surface area (Å²) in [5, 5.41) is 0. The van der Waals surface area contributed by atoms with Crippen LogP contribution in [0.25, 0.3) is 0 Å². The van der Waals surface area contributed by atoms with E-state index in [1.807, 2.05) is 18.7 Å². The van der Waals surface area contributed by atoms with Gasteiger partial charge in [-0.1, -0.05) is 13.8 Å². The second-order valence-corrected chi connectivity index (χ2v) is 7.26. The molecule has 1 atom stereocenters. The molecule has 136 valence electrons. The van der Waals surface area contributed by atoms with Crippen LogP contribution in [0.4, 0.5) is 0 Å². The van der Waals surface area contributed by atoms with E-state index < -0.39 is 0 Å². The fourth-order valence-corrected chi connectivity index (χ4v) is 3.68. The number of H-pyrrole nitrogens is 1. The predicted octanol–water partition coefficient (Wildman–Crippen LogP) is 1.38. The van der Waals surface area contributed by atoms with Crippen LogP contribution in [0.5, 0.6) is 0 Å². The molecular weight excluding hydrogens is 320 g/mol. The first-order valence-corrected chi connectivity index (χ1v) is 9.06. The number of amides is 2. The molecule has 25 heavy (non-hydrogen) atoms. The third kappa shape index (κ3) is 3.45. The van der Waals surface area contributed by atoms with E-state index in [1.54, 1.807) is 4.90 Å². The lowest BCUT2D eigenvalue weighted by molar-refractivity contribution is -0.138. The van der Waals surface area contributed by atoms with Crippen LogP contribution in [0.3, 0.4) is 0 Å². The summed E-state index contributed by atoms with van der Waals surface area (Å²) in [5.74, 6) is 0.589. The number of likely N-dealkylation sites (tertiary alicyclic amines) is 1. The van der Waals surface area contributed by atoms with Crippen molar-refractivity contribution >= 4 is 11.8 Å². The summed E-state index contributed by atoms with van der Waals surface area (Å²) >= 11 is 0. The van der Waals surface area contributed by atoms with E-state index in [2.05, 4.69) is 4.98 Å². The number of fused-ring (bicyclic) bond motifs is 1. The lowest BCUT2D eigenvalue weighted by Crippen LogP contribution is -2.43. The van der Waals surface area contributed by atoms with Gasteiger partial charge in [-0.3, -0.25) is 14.4 Å². The molecular formula is C18H26N4O3. The van der Waals surface area contributed by atoms with Crippen LogP contribution >= 0.6 is 0 Å². The van der Waals surface area contributed by atoms with Gasteiger partial charge in [0.1, 0.15) is 5.82 Å². The van der Waals surface area contributed by atoms with Crippen LogP contribution in [-0.2, 0) is 22.6 Å². The highest BCUT2D eigenvalue weighted by Gasteiger charge is 2.32. The molecule has 2 aliphatic heterocycles. The average Bonchev–Trinajstić information content (AvgIpc) is 2.60. The van der Waals surface area contributed by atoms with Crippen molar-refractivity contribution in [2.24, 2.45) is 5.92 Å². The minimum absolute atomic E-state index is 0.0323. The molecule has 7 nitrogen and oxygen atoms in total. The Balaban J connectivity index is 1.93. The third-order valence-electron chi connectivity index (χ3n) is 5.13. The molecule has 1 saturated heterocycles. The molecule has 1 aromatic rings. The van der Waals surface area contributed by atoms with Crippen molar-refractivity contribution in [1.82, 2.24) is 19.8 Å². The Kier molecular flexibility index (Phi) is 4.92. The molecule has 0 unspecified atom stereocenters. The summed E-state index contributed by atoms with van der Waals surface area (Å²) in [6.07, 6.45) is 3.40. The van der Waals surface area contributed by atoms with Gasteiger partial charge in [0.25, 0.3) is 5.56 Å². The molecule has 7 heteroatoms. The number of hydrogen-bond donors (Lipinski definition) is 1. The monoisotopic (exact) mass is 346 g/mol. The maximum absolute atomic E-state index is 12.6. The van der Waals surface area contributed by atoms with Crippen LogP contribution in [0.15, 0.2) is 4.79 Å². The molecule has 2 aliphatic rings. The van der Waals surface area contributed by atoms with E-state index in [4.69, 9.17) is 4.98 Å². The van der Waals surface area contributed by atoms with Crippen molar-refractivity contribution < 1.29 is 9.59 Å².